The van der Waals surface area contributed by atoms with E-state index in [2.05, 4.69) is 0 Å². The summed E-state index contributed by atoms with van der Waals surface area (Å²) in [4.78, 5) is 0. The number of halogens is 1. The van der Waals surface area contributed by atoms with Gasteiger partial charge in [-0.15, -0.1) is 0 Å². The molecule has 0 saturated carbocycles. The molecule has 92 valence electrons. The van der Waals surface area contributed by atoms with Crippen LogP contribution in [0.2, 0.25) is 5.02 Å². The highest BCUT2D eigenvalue weighted by molar-refractivity contribution is 6.35. The zero-order valence-corrected chi connectivity index (χ0v) is 10.6. The minimum absolute atomic E-state index is 0.415. The van der Waals surface area contributed by atoms with Crippen molar-refractivity contribution in [2.75, 3.05) is 0 Å². The van der Waals surface area contributed by atoms with Gasteiger partial charge in [0.25, 0.3) is 0 Å². The summed E-state index contributed by atoms with van der Waals surface area (Å²) in [5, 5.41) is 1.53. The monoisotopic (exact) mass is 261 g/mol. The minimum atomic E-state index is -0.415. The van der Waals surface area contributed by atoms with E-state index in [1.54, 1.807) is 0 Å². The van der Waals surface area contributed by atoms with Crippen molar-refractivity contribution in [3.05, 3.63) is 58.7 Å². The van der Waals surface area contributed by atoms with E-state index in [4.69, 9.17) is 26.2 Å². The number of furan rings is 2. The first-order chi connectivity index (χ1) is 8.65. The minimum Gasteiger partial charge on any atom is -0.464 e. The molecule has 0 aliphatic heterocycles. The maximum Gasteiger partial charge on any atom is 0.135 e. The lowest BCUT2D eigenvalue weighted by atomic mass is 10.1. The molecule has 0 saturated heterocycles. The molecule has 0 fully saturated rings. The molecule has 2 aromatic heterocycles. The van der Waals surface area contributed by atoms with Crippen molar-refractivity contribution >= 4 is 22.6 Å². The van der Waals surface area contributed by atoms with Crippen molar-refractivity contribution in [2.45, 2.75) is 13.0 Å². The average Bonchev–Trinajstić information content (AvgIpc) is 2.95. The fourth-order valence-electron chi connectivity index (χ4n) is 1.96. The maximum absolute atomic E-state index is 6.11. The Bertz CT molecular complexity index is 699. The smallest absolute Gasteiger partial charge is 0.135 e. The van der Waals surface area contributed by atoms with Crippen molar-refractivity contribution in [3.8, 4) is 0 Å². The number of fused-ring (bicyclic) bond motifs is 1. The Morgan fingerprint density at radius 1 is 1.11 bits per heavy atom. The first-order valence-electron chi connectivity index (χ1n) is 5.65. The van der Waals surface area contributed by atoms with Gasteiger partial charge in [-0.05, 0) is 37.3 Å². The number of aryl methyl sites for hydroxylation is 1. The Morgan fingerprint density at radius 3 is 2.61 bits per heavy atom. The lowest BCUT2D eigenvalue weighted by molar-refractivity contribution is 0.431. The third-order valence-electron chi connectivity index (χ3n) is 2.90. The lowest BCUT2D eigenvalue weighted by Crippen LogP contribution is -2.09. The summed E-state index contributed by atoms with van der Waals surface area (Å²) in [6, 6.07) is 10.7. The summed E-state index contributed by atoms with van der Waals surface area (Å²) in [5.41, 5.74) is 6.85. The van der Waals surface area contributed by atoms with Gasteiger partial charge in [-0.25, -0.2) is 0 Å². The van der Waals surface area contributed by atoms with Crippen LogP contribution in [-0.4, -0.2) is 0 Å². The van der Waals surface area contributed by atoms with Crippen LogP contribution in [0.1, 0.15) is 23.3 Å². The Morgan fingerprint density at radius 2 is 1.94 bits per heavy atom. The Kier molecular flexibility index (Phi) is 2.65. The van der Waals surface area contributed by atoms with Crippen LogP contribution < -0.4 is 5.73 Å². The zero-order chi connectivity index (χ0) is 12.7. The van der Waals surface area contributed by atoms with E-state index >= 15 is 0 Å². The second kappa shape index (κ2) is 4.19. The first-order valence-corrected chi connectivity index (χ1v) is 6.03. The van der Waals surface area contributed by atoms with E-state index in [1.807, 2.05) is 43.3 Å². The largest absolute Gasteiger partial charge is 0.464 e. The van der Waals surface area contributed by atoms with Crippen LogP contribution in [0, 0.1) is 6.92 Å². The van der Waals surface area contributed by atoms with Gasteiger partial charge in [0.2, 0.25) is 0 Å². The van der Waals surface area contributed by atoms with Crippen LogP contribution in [0.5, 0.6) is 0 Å². The number of rotatable bonds is 2. The molecule has 0 aliphatic carbocycles. The van der Waals surface area contributed by atoms with E-state index in [0.29, 0.717) is 16.5 Å². The van der Waals surface area contributed by atoms with Gasteiger partial charge in [0, 0.05) is 5.39 Å². The van der Waals surface area contributed by atoms with Gasteiger partial charge in [0.15, 0.2) is 0 Å². The van der Waals surface area contributed by atoms with Gasteiger partial charge in [-0.3, -0.25) is 0 Å². The van der Waals surface area contributed by atoms with Gasteiger partial charge in [-0.2, -0.15) is 0 Å². The third-order valence-corrected chi connectivity index (χ3v) is 3.23. The number of hydrogen-bond donors (Lipinski definition) is 1. The molecule has 3 aromatic rings. The molecule has 1 unspecified atom stereocenters. The summed E-state index contributed by atoms with van der Waals surface area (Å²) >= 11 is 6.10. The number of benzene rings is 1. The molecule has 1 aromatic carbocycles. The van der Waals surface area contributed by atoms with E-state index < -0.39 is 6.04 Å². The topological polar surface area (TPSA) is 52.3 Å². The van der Waals surface area contributed by atoms with E-state index in [9.17, 15) is 0 Å². The summed E-state index contributed by atoms with van der Waals surface area (Å²) in [7, 11) is 0. The van der Waals surface area contributed by atoms with E-state index in [0.717, 1.165) is 16.7 Å². The first kappa shape index (κ1) is 11.4. The van der Waals surface area contributed by atoms with E-state index in [-0.39, 0.29) is 0 Å². The van der Waals surface area contributed by atoms with Crippen molar-refractivity contribution < 1.29 is 8.83 Å². The Labute approximate surface area is 109 Å². The molecule has 3 rings (SSSR count). The van der Waals surface area contributed by atoms with Crippen molar-refractivity contribution in [1.82, 2.24) is 0 Å². The summed E-state index contributed by atoms with van der Waals surface area (Å²) < 4.78 is 11.2. The van der Waals surface area contributed by atoms with Crippen molar-refractivity contribution in [2.24, 2.45) is 5.73 Å². The molecule has 2 heterocycles. The Balaban J connectivity index is 2.06. The van der Waals surface area contributed by atoms with Gasteiger partial charge in [-0.1, -0.05) is 17.7 Å². The van der Waals surface area contributed by atoms with Gasteiger partial charge in [0.05, 0.1) is 5.02 Å². The van der Waals surface area contributed by atoms with E-state index in [1.165, 1.54) is 0 Å². The maximum atomic E-state index is 6.11. The molecule has 0 aliphatic rings. The molecular weight excluding hydrogens is 250 g/mol. The standard InChI is InChI=1S/C14H12ClNO2/c1-8-5-6-12(17-8)14(16)13-7-9-10(15)3-2-4-11(9)18-13/h2-7,14H,16H2,1H3. The third kappa shape index (κ3) is 1.82. The summed E-state index contributed by atoms with van der Waals surface area (Å²) in [5.74, 6) is 2.16. The molecule has 18 heavy (non-hydrogen) atoms. The fourth-order valence-corrected chi connectivity index (χ4v) is 2.18. The van der Waals surface area contributed by atoms with Crippen LogP contribution in [-0.2, 0) is 0 Å². The van der Waals surface area contributed by atoms with Crippen LogP contribution in [0.4, 0.5) is 0 Å². The molecular formula is C14H12ClNO2. The zero-order valence-electron chi connectivity index (χ0n) is 9.81. The van der Waals surface area contributed by atoms with Gasteiger partial charge >= 0.3 is 0 Å². The fraction of sp³-hybridized carbons (Fsp3) is 0.143. The average molecular weight is 262 g/mol. The molecule has 3 nitrogen and oxygen atoms in total. The lowest BCUT2D eigenvalue weighted by Gasteiger charge is -2.04. The normalized spacial score (nSPS) is 13.1. The van der Waals surface area contributed by atoms with Crippen LogP contribution in [0.25, 0.3) is 11.0 Å². The number of nitrogens with two attached hydrogens (primary N) is 1. The summed E-state index contributed by atoms with van der Waals surface area (Å²) in [6.07, 6.45) is 0. The number of hydrogen-bond acceptors (Lipinski definition) is 3. The molecule has 4 heteroatoms. The second-order valence-corrected chi connectivity index (χ2v) is 4.63. The molecule has 1 atom stereocenters. The molecule has 0 bridgehead atoms. The van der Waals surface area contributed by atoms with Crippen LogP contribution in [0.3, 0.4) is 0 Å². The van der Waals surface area contributed by atoms with Gasteiger partial charge < -0.3 is 14.6 Å². The quantitative estimate of drug-likeness (QED) is 0.757. The molecule has 0 spiro atoms. The summed E-state index contributed by atoms with van der Waals surface area (Å²) in [6.45, 7) is 1.88. The predicted octanol–water partition coefficient (Wildman–Crippen LogP) is 4.04. The highest BCUT2D eigenvalue weighted by Gasteiger charge is 2.18. The highest BCUT2D eigenvalue weighted by Crippen LogP contribution is 2.31. The Hall–Kier alpha value is -1.71. The van der Waals surface area contributed by atoms with Gasteiger partial charge in [0.1, 0.15) is 28.9 Å². The van der Waals surface area contributed by atoms with Crippen molar-refractivity contribution in [3.63, 3.8) is 0 Å². The molecule has 0 radical (unpaired) electrons. The van der Waals surface area contributed by atoms with Crippen molar-refractivity contribution in [1.29, 1.82) is 0 Å². The predicted molar refractivity (Wildman–Crippen MR) is 70.7 cm³/mol. The highest BCUT2D eigenvalue weighted by atomic mass is 35.5. The molecule has 0 amide bonds. The van der Waals surface area contributed by atoms with Crippen LogP contribution >= 0.6 is 11.6 Å². The SMILES string of the molecule is Cc1ccc(C(N)c2cc3c(Cl)cccc3o2)o1. The molecule has 2 N–H and O–H groups in total. The van der Waals surface area contributed by atoms with Crippen LogP contribution in [0.15, 0.2) is 45.2 Å². The second-order valence-electron chi connectivity index (χ2n) is 4.23.